The Hall–Kier alpha value is -2.04. The fourth-order valence-electron chi connectivity index (χ4n) is 1.42. The lowest BCUT2D eigenvalue weighted by atomic mass is 10.3. The van der Waals surface area contributed by atoms with Crippen molar-refractivity contribution in [2.45, 2.75) is 13.8 Å². The van der Waals surface area contributed by atoms with E-state index in [1.807, 2.05) is 0 Å². The molecule has 2 aromatic heterocycles. The number of carbonyl (C=O) groups is 1. The summed E-state index contributed by atoms with van der Waals surface area (Å²) in [5.74, 6) is -0.288. The summed E-state index contributed by atoms with van der Waals surface area (Å²) in [4.78, 5) is 15.5. The Labute approximate surface area is 92.3 Å². The van der Waals surface area contributed by atoms with E-state index in [0.29, 0.717) is 17.8 Å². The molecule has 0 aromatic carbocycles. The molecule has 0 atom stereocenters. The Morgan fingerprint density at radius 1 is 1.56 bits per heavy atom. The molecule has 0 aliphatic carbocycles. The molecule has 2 heterocycles. The van der Waals surface area contributed by atoms with Gasteiger partial charge in [-0.05, 0) is 25.5 Å². The van der Waals surface area contributed by atoms with Crippen molar-refractivity contribution in [2.75, 3.05) is 6.61 Å². The van der Waals surface area contributed by atoms with E-state index in [4.69, 9.17) is 4.74 Å². The van der Waals surface area contributed by atoms with Gasteiger partial charge >= 0.3 is 5.97 Å². The van der Waals surface area contributed by atoms with Crippen LogP contribution in [0.1, 0.15) is 23.0 Å². The molecule has 0 radical (unpaired) electrons. The van der Waals surface area contributed by atoms with Crippen LogP contribution in [0.3, 0.4) is 0 Å². The largest absolute Gasteiger partial charge is 0.506 e. The number of imidazole rings is 1. The number of aromatic nitrogens is 2. The highest BCUT2D eigenvalue weighted by Crippen LogP contribution is 2.18. The summed E-state index contributed by atoms with van der Waals surface area (Å²) in [5, 5.41) is 9.50. The van der Waals surface area contributed by atoms with E-state index in [2.05, 4.69) is 4.98 Å². The molecule has 0 bridgehead atoms. The number of nitrogens with zero attached hydrogens (tertiary/aromatic N) is 2. The molecule has 0 saturated heterocycles. The Morgan fingerprint density at radius 2 is 2.31 bits per heavy atom. The molecular formula is C11H12N2O3. The summed E-state index contributed by atoms with van der Waals surface area (Å²) in [6, 6.07) is 1.71. The molecule has 0 spiro atoms. The lowest BCUT2D eigenvalue weighted by Gasteiger charge is -1.98. The number of aromatic hydroxyl groups is 1. The predicted molar refractivity (Wildman–Crippen MR) is 57.6 cm³/mol. The second-order valence-corrected chi connectivity index (χ2v) is 3.45. The standard InChI is InChI=1S/C11H12N2O3/c1-3-16-11(15)8-5-13-6-9(14)7(2)4-10(13)12-8/h4-6,14H,3H2,1-2H3. The van der Waals surface area contributed by atoms with Crippen LogP contribution < -0.4 is 0 Å². The van der Waals surface area contributed by atoms with Crippen LogP contribution in [0.25, 0.3) is 5.65 Å². The molecule has 5 heteroatoms. The molecule has 0 fully saturated rings. The number of ether oxygens (including phenoxy) is 1. The quantitative estimate of drug-likeness (QED) is 0.779. The summed E-state index contributed by atoms with van der Waals surface area (Å²) < 4.78 is 6.43. The first-order valence-electron chi connectivity index (χ1n) is 4.97. The lowest BCUT2D eigenvalue weighted by molar-refractivity contribution is 0.0520. The van der Waals surface area contributed by atoms with Gasteiger partial charge in [0.05, 0.1) is 12.8 Å². The SMILES string of the molecule is CCOC(=O)c1cn2cc(O)c(C)cc2n1. The number of esters is 1. The third-order valence-electron chi connectivity index (χ3n) is 2.26. The van der Waals surface area contributed by atoms with Gasteiger partial charge in [0.1, 0.15) is 11.4 Å². The molecule has 5 nitrogen and oxygen atoms in total. The molecule has 84 valence electrons. The summed E-state index contributed by atoms with van der Waals surface area (Å²) in [7, 11) is 0. The third-order valence-corrected chi connectivity index (χ3v) is 2.26. The van der Waals surface area contributed by atoms with E-state index in [0.717, 1.165) is 0 Å². The zero-order chi connectivity index (χ0) is 11.7. The molecule has 0 unspecified atom stereocenters. The van der Waals surface area contributed by atoms with Gasteiger partial charge in [0.15, 0.2) is 5.69 Å². The van der Waals surface area contributed by atoms with Crippen molar-refractivity contribution in [3.63, 3.8) is 0 Å². The minimum absolute atomic E-state index is 0.167. The van der Waals surface area contributed by atoms with E-state index in [1.54, 1.807) is 24.3 Å². The molecule has 0 aliphatic heterocycles. The smallest absolute Gasteiger partial charge is 0.358 e. The van der Waals surface area contributed by atoms with Crippen molar-refractivity contribution < 1.29 is 14.6 Å². The zero-order valence-electron chi connectivity index (χ0n) is 9.10. The summed E-state index contributed by atoms with van der Waals surface area (Å²) >= 11 is 0. The number of rotatable bonds is 2. The summed E-state index contributed by atoms with van der Waals surface area (Å²) in [6.07, 6.45) is 3.05. The maximum absolute atomic E-state index is 11.4. The molecule has 2 aromatic rings. The maximum Gasteiger partial charge on any atom is 0.358 e. The van der Waals surface area contributed by atoms with E-state index < -0.39 is 5.97 Å². The van der Waals surface area contributed by atoms with Crippen LogP contribution in [0.15, 0.2) is 18.5 Å². The third kappa shape index (κ3) is 1.71. The van der Waals surface area contributed by atoms with Crippen LogP contribution in [0, 0.1) is 6.92 Å². The number of carbonyl (C=O) groups excluding carboxylic acids is 1. The van der Waals surface area contributed by atoms with Crippen molar-refractivity contribution in [1.82, 2.24) is 9.38 Å². The van der Waals surface area contributed by atoms with Crippen molar-refractivity contribution in [3.8, 4) is 5.75 Å². The van der Waals surface area contributed by atoms with Crippen molar-refractivity contribution in [3.05, 3.63) is 29.7 Å². The maximum atomic E-state index is 11.4. The van der Waals surface area contributed by atoms with Gasteiger partial charge in [-0.1, -0.05) is 0 Å². The number of hydrogen-bond donors (Lipinski definition) is 1. The fraction of sp³-hybridized carbons (Fsp3) is 0.273. The van der Waals surface area contributed by atoms with E-state index in [1.165, 1.54) is 12.4 Å². The Kier molecular flexibility index (Phi) is 2.52. The average molecular weight is 220 g/mol. The molecule has 1 N–H and O–H groups in total. The predicted octanol–water partition coefficient (Wildman–Crippen LogP) is 1.53. The molecule has 0 amide bonds. The summed E-state index contributed by atoms with van der Waals surface area (Å²) in [6.45, 7) is 3.83. The van der Waals surface area contributed by atoms with Gasteiger partial charge in [-0.25, -0.2) is 9.78 Å². The van der Waals surface area contributed by atoms with Crippen LogP contribution in [0.5, 0.6) is 5.75 Å². The highest BCUT2D eigenvalue weighted by Gasteiger charge is 2.12. The van der Waals surface area contributed by atoms with Crippen LogP contribution in [-0.2, 0) is 4.74 Å². The van der Waals surface area contributed by atoms with Gasteiger partial charge < -0.3 is 14.2 Å². The molecule has 0 aliphatic rings. The first-order valence-corrected chi connectivity index (χ1v) is 4.97. The highest BCUT2D eigenvalue weighted by molar-refractivity contribution is 5.88. The van der Waals surface area contributed by atoms with Crippen LogP contribution in [0.2, 0.25) is 0 Å². The minimum Gasteiger partial charge on any atom is -0.506 e. The zero-order valence-corrected chi connectivity index (χ0v) is 9.10. The van der Waals surface area contributed by atoms with Crippen molar-refractivity contribution in [2.24, 2.45) is 0 Å². The lowest BCUT2D eigenvalue weighted by Crippen LogP contribution is -2.04. The van der Waals surface area contributed by atoms with E-state index >= 15 is 0 Å². The normalized spacial score (nSPS) is 10.6. The number of aryl methyl sites for hydroxylation is 1. The van der Waals surface area contributed by atoms with Crippen molar-refractivity contribution in [1.29, 1.82) is 0 Å². The van der Waals surface area contributed by atoms with Gasteiger partial charge in [0, 0.05) is 6.20 Å². The highest BCUT2D eigenvalue weighted by atomic mass is 16.5. The first kappa shape index (κ1) is 10.5. The molecule has 0 saturated carbocycles. The van der Waals surface area contributed by atoms with Crippen LogP contribution >= 0.6 is 0 Å². The Balaban J connectivity index is 2.48. The average Bonchev–Trinajstić information content (AvgIpc) is 2.62. The number of hydrogen-bond acceptors (Lipinski definition) is 4. The Morgan fingerprint density at radius 3 is 3.00 bits per heavy atom. The van der Waals surface area contributed by atoms with E-state index in [-0.39, 0.29) is 11.4 Å². The molecule has 2 rings (SSSR count). The molecular weight excluding hydrogens is 208 g/mol. The van der Waals surface area contributed by atoms with Gasteiger partial charge in [-0.3, -0.25) is 0 Å². The van der Waals surface area contributed by atoms with Crippen molar-refractivity contribution >= 4 is 11.6 Å². The molecule has 16 heavy (non-hydrogen) atoms. The van der Waals surface area contributed by atoms with Crippen LogP contribution in [-0.4, -0.2) is 27.1 Å². The minimum atomic E-state index is -0.455. The Bertz CT molecular complexity index is 506. The van der Waals surface area contributed by atoms with Crippen LogP contribution in [0.4, 0.5) is 0 Å². The number of fused-ring (bicyclic) bond motifs is 1. The number of pyridine rings is 1. The monoisotopic (exact) mass is 220 g/mol. The summed E-state index contributed by atoms with van der Waals surface area (Å²) in [5.41, 5.74) is 1.57. The van der Waals surface area contributed by atoms with E-state index in [9.17, 15) is 9.90 Å². The second-order valence-electron chi connectivity index (χ2n) is 3.45. The van der Waals surface area contributed by atoms with Gasteiger partial charge in [-0.15, -0.1) is 0 Å². The second kappa shape index (κ2) is 3.84. The fourth-order valence-corrected chi connectivity index (χ4v) is 1.42. The first-order chi connectivity index (χ1) is 7.61. The van der Waals surface area contributed by atoms with Gasteiger partial charge in [0.2, 0.25) is 0 Å². The topological polar surface area (TPSA) is 63.8 Å². The van der Waals surface area contributed by atoms with Gasteiger partial charge in [0.25, 0.3) is 0 Å². The van der Waals surface area contributed by atoms with Gasteiger partial charge in [-0.2, -0.15) is 0 Å².